The molecule has 0 radical (unpaired) electrons. The van der Waals surface area contributed by atoms with Crippen LogP contribution < -0.4 is 0 Å². The van der Waals surface area contributed by atoms with Gasteiger partial charge in [0.15, 0.2) is 11.5 Å². The third kappa shape index (κ3) is 1.94. The van der Waals surface area contributed by atoms with Crippen LogP contribution in [0, 0.1) is 6.92 Å². The van der Waals surface area contributed by atoms with Crippen LogP contribution in [0.3, 0.4) is 0 Å². The maximum absolute atomic E-state index is 12.0. The van der Waals surface area contributed by atoms with E-state index in [4.69, 9.17) is 4.74 Å². The van der Waals surface area contributed by atoms with Gasteiger partial charge < -0.3 is 4.74 Å². The summed E-state index contributed by atoms with van der Waals surface area (Å²) in [6.45, 7) is 7.50. The van der Waals surface area contributed by atoms with E-state index in [0.717, 1.165) is 5.69 Å². The molecule has 0 unspecified atom stereocenters. The first kappa shape index (κ1) is 12.5. The summed E-state index contributed by atoms with van der Waals surface area (Å²) < 4.78 is 6.65. The van der Waals surface area contributed by atoms with Crippen molar-refractivity contribution in [1.82, 2.24) is 19.8 Å². The van der Waals surface area contributed by atoms with Crippen molar-refractivity contribution in [3.05, 3.63) is 23.7 Å². The first-order valence-corrected chi connectivity index (χ1v) is 5.83. The molecule has 0 atom stereocenters. The van der Waals surface area contributed by atoms with Crippen LogP contribution in [0.25, 0.3) is 5.65 Å². The molecule has 0 spiro atoms. The van der Waals surface area contributed by atoms with Crippen LogP contribution in [0.1, 0.15) is 32.3 Å². The van der Waals surface area contributed by atoms with Gasteiger partial charge in [0.2, 0.25) is 0 Å². The molecule has 6 nitrogen and oxygen atoms in total. The van der Waals surface area contributed by atoms with Crippen molar-refractivity contribution in [3.63, 3.8) is 0 Å². The third-order valence-corrected chi connectivity index (χ3v) is 2.74. The van der Waals surface area contributed by atoms with Gasteiger partial charge in [-0.3, -0.25) is 4.79 Å². The molecule has 2 rings (SSSR count). The average Bonchev–Trinajstić information content (AvgIpc) is 2.72. The number of hydrogen-bond donors (Lipinski definition) is 0. The summed E-state index contributed by atoms with van der Waals surface area (Å²) in [6.07, 6.45) is 0. The fourth-order valence-electron chi connectivity index (χ4n) is 1.67. The maximum atomic E-state index is 12.0. The highest BCUT2D eigenvalue weighted by atomic mass is 16.5. The van der Waals surface area contributed by atoms with E-state index in [9.17, 15) is 4.79 Å². The van der Waals surface area contributed by atoms with Gasteiger partial charge in [0, 0.05) is 0 Å². The first-order valence-electron chi connectivity index (χ1n) is 5.83. The van der Waals surface area contributed by atoms with Gasteiger partial charge >= 0.3 is 5.97 Å². The lowest BCUT2D eigenvalue weighted by atomic mass is 9.93. The number of esters is 1. The van der Waals surface area contributed by atoms with Crippen molar-refractivity contribution in [2.75, 3.05) is 6.61 Å². The Hall–Kier alpha value is -1.98. The van der Waals surface area contributed by atoms with E-state index >= 15 is 0 Å². The highest BCUT2D eigenvalue weighted by molar-refractivity contribution is 5.81. The Kier molecular flexibility index (Phi) is 3.02. The van der Waals surface area contributed by atoms with Crippen LogP contribution in [0.5, 0.6) is 0 Å². The molecule has 96 valence electrons. The van der Waals surface area contributed by atoms with Crippen molar-refractivity contribution >= 4 is 11.6 Å². The number of aromatic nitrogens is 4. The van der Waals surface area contributed by atoms with Crippen LogP contribution in [-0.2, 0) is 14.9 Å². The van der Waals surface area contributed by atoms with Crippen molar-refractivity contribution in [3.8, 4) is 0 Å². The number of nitrogens with zero attached hydrogens (tertiary/aromatic N) is 4. The van der Waals surface area contributed by atoms with E-state index < -0.39 is 5.41 Å². The Balaban J connectivity index is 2.53. The number of hydrogen-bond acceptors (Lipinski definition) is 5. The fraction of sp³-hybridized carbons (Fsp3) is 0.500. The SMILES string of the molecule is CCOC(=O)C(C)(C)c1nnc2ccc(C)nn12. The lowest BCUT2D eigenvalue weighted by Gasteiger charge is -2.19. The minimum atomic E-state index is -0.879. The van der Waals surface area contributed by atoms with Gasteiger partial charge in [0.05, 0.1) is 12.3 Å². The minimum absolute atomic E-state index is 0.331. The molecule has 0 saturated heterocycles. The number of carbonyl (C=O) groups is 1. The third-order valence-electron chi connectivity index (χ3n) is 2.74. The van der Waals surface area contributed by atoms with E-state index in [1.165, 1.54) is 0 Å². The summed E-state index contributed by atoms with van der Waals surface area (Å²) in [7, 11) is 0. The van der Waals surface area contributed by atoms with Gasteiger partial charge in [-0.05, 0) is 39.8 Å². The van der Waals surface area contributed by atoms with Gasteiger partial charge in [-0.25, -0.2) is 0 Å². The zero-order valence-electron chi connectivity index (χ0n) is 11.0. The Morgan fingerprint density at radius 3 is 2.78 bits per heavy atom. The highest BCUT2D eigenvalue weighted by Gasteiger charge is 2.36. The predicted molar refractivity (Wildman–Crippen MR) is 65.2 cm³/mol. The topological polar surface area (TPSA) is 69.4 Å². The van der Waals surface area contributed by atoms with Gasteiger partial charge in [-0.15, -0.1) is 10.2 Å². The summed E-state index contributed by atoms with van der Waals surface area (Å²) in [5.74, 6) is 0.155. The second-order valence-corrected chi connectivity index (χ2v) is 4.61. The molecule has 18 heavy (non-hydrogen) atoms. The summed E-state index contributed by atoms with van der Waals surface area (Å²) in [5.41, 5.74) is 0.576. The van der Waals surface area contributed by atoms with Crippen molar-refractivity contribution in [2.45, 2.75) is 33.1 Å². The zero-order chi connectivity index (χ0) is 13.3. The number of fused-ring (bicyclic) bond motifs is 1. The summed E-state index contributed by atoms with van der Waals surface area (Å²) in [6, 6.07) is 3.67. The molecule has 0 aliphatic heterocycles. The minimum Gasteiger partial charge on any atom is -0.465 e. The zero-order valence-corrected chi connectivity index (χ0v) is 11.0. The lowest BCUT2D eigenvalue weighted by molar-refractivity contribution is -0.149. The molecule has 0 saturated carbocycles. The molecule has 2 aromatic rings. The predicted octanol–water partition coefficient (Wildman–Crippen LogP) is 1.27. The molecule has 0 aromatic carbocycles. The molecule has 0 N–H and O–H groups in total. The number of aryl methyl sites for hydroxylation is 1. The summed E-state index contributed by atoms with van der Waals surface area (Å²) >= 11 is 0. The Morgan fingerprint density at radius 2 is 2.11 bits per heavy atom. The quantitative estimate of drug-likeness (QED) is 0.765. The average molecular weight is 248 g/mol. The Morgan fingerprint density at radius 1 is 1.39 bits per heavy atom. The second kappa shape index (κ2) is 4.36. The van der Waals surface area contributed by atoms with Gasteiger partial charge in [0.1, 0.15) is 5.41 Å². The van der Waals surface area contributed by atoms with E-state index in [1.807, 2.05) is 19.1 Å². The molecule has 0 aliphatic carbocycles. The molecule has 0 bridgehead atoms. The van der Waals surface area contributed by atoms with Crippen LogP contribution in [0.15, 0.2) is 12.1 Å². The van der Waals surface area contributed by atoms with Crippen molar-refractivity contribution in [2.24, 2.45) is 0 Å². The van der Waals surface area contributed by atoms with Gasteiger partial charge in [-0.2, -0.15) is 9.61 Å². The molecule has 0 fully saturated rings. The van der Waals surface area contributed by atoms with E-state index in [1.54, 1.807) is 25.3 Å². The molecule has 2 aromatic heterocycles. The van der Waals surface area contributed by atoms with Crippen LogP contribution >= 0.6 is 0 Å². The molecule has 6 heteroatoms. The number of rotatable bonds is 3. The Bertz CT molecular complexity index is 589. The second-order valence-electron chi connectivity index (χ2n) is 4.61. The van der Waals surface area contributed by atoms with E-state index in [-0.39, 0.29) is 5.97 Å². The first-order chi connectivity index (χ1) is 8.46. The monoisotopic (exact) mass is 248 g/mol. The normalized spacial score (nSPS) is 11.8. The van der Waals surface area contributed by atoms with E-state index in [0.29, 0.717) is 18.1 Å². The molecular weight excluding hydrogens is 232 g/mol. The highest BCUT2D eigenvalue weighted by Crippen LogP contribution is 2.23. The number of carbonyl (C=O) groups excluding carboxylic acids is 1. The van der Waals surface area contributed by atoms with Gasteiger partial charge in [-0.1, -0.05) is 0 Å². The standard InChI is InChI=1S/C12H16N4O2/c1-5-18-11(17)12(3,4)10-14-13-9-7-6-8(2)15-16(9)10/h6-7H,5H2,1-4H3. The Labute approximate surface area is 105 Å². The molecule has 0 aliphatic rings. The molecule has 2 heterocycles. The maximum Gasteiger partial charge on any atom is 0.319 e. The number of ether oxygens (including phenoxy) is 1. The summed E-state index contributed by atoms with van der Waals surface area (Å²) in [4.78, 5) is 12.0. The van der Waals surface area contributed by atoms with Crippen LogP contribution in [-0.4, -0.2) is 32.4 Å². The van der Waals surface area contributed by atoms with E-state index in [2.05, 4.69) is 15.3 Å². The largest absolute Gasteiger partial charge is 0.465 e. The van der Waals surface area contributed by atoms with Crippen LogP contribution in [0.4, 0.5) is 0 Å². The van der Waals surface area contributed by atoms with Crippen molar-refractivity contribution < 1.29 is 9.53 Å². The molecular formula is C12H16N4O2. The van der Waals surface area contributed by atoms with Gasteiger partial charge in [0.25, 0.3) is 0 Å². The van der Waals surface area contributed by atoms with Crippen molar-refractivity contribution in [1.29, 1.82) is 0 Å². The molecule has 0 amide bonds. The lowest BCUT2D eigenvalue weighted by Crippen LogP contribution is -2.33. The fourth-order valence-corrected chi connectivity index (χ4v) is 1.67. The smallest absolute Gasteiger partial charge is 0.319 e. The summed E-state index contributed by atoms with van der Waals surface area (Å²) in [5, 5.41) is 12.4. The van der Waals surface area contributed by atoms with Crippen LogP contribution in [0.2, 0.25) is 0 Å².